The number of ketones is 1. The van der Waals surface area contributed by atoms with Crippen LogP contribution in [0.5, 0.6) is 0 Å². The number of benzene rings is 1. The maximum Gasteiger partial charge on any atom is 0.269 e. The van der Waals surface area contributed by atoms with Crippen LogP contribution in [-0.2, 0) is 4.79 Å². The third kappa shape index (κ3) is 3.53. The Labute approximate surface area is 112 Å². The number of piperidine rings is 1. The number of nitro groups is 1. The standard InChI is InChI=1S/C14H18N2O3/c1-11(17)10-12-6-8-15(9-7-12)13-2-4-14(5-3-13)16(18)19/h2-5,12H,6-10H2,1H3. The molecule has 5 nitrogen and oxygen atoms in total. The molecule has 0 aromatic heterocycles. The molecule has 0 saturated carbocycles. The number of carbonyl (C=O) groups is 1. The summed E-state index contributed by atoms with van der Waals surface area (Å²) in [6.45, 7) is 3.47. The van der Waals surface area contributed by atoms with Crippen LogP contribution in [0.1, 0.15) is 26.2 Å². The van der Waals surface area contributed by atoms with Crippen molar-refractivity contribution in [1.29, 1.82) is 0 Å². The van der Waals surface area contributed by atoms with Gasteiger partial charge in [0.25, 0.3) is 5.69 Å². The van der Waals surface area contributed by atoms with E-state index < -0.39 is 0 Å². The minimum absolute atomic E-state index is 0.121. The molecular formula is C14H18N2O3. The molecule has 5 heteroatoms. The number of nitro benzene ring substituents is 1. The summed E-state index contributed by atoms with van der Waals surface area (Å²) in [5.74, 6) is 0.751. The molecule has 0 unspecified atom stereocenters. The molecule has 1 aromatic rings. The van der Waals surface area contributed by atoms with Gasteiger partial charge in [0, 0.05) is 37.3 Å². The Hall–Kier alpha value is -1.91. The van der Waals surface area contributed by atoms with Gasteiger partial charge in [0.05, 0.1) is 4.92 Å². The summed E-state index contributed by atoms with van der Waals surface area (Å²) in [7, 11) is 0. The number of carbonyl (C=O) groups excluding carboxylic acids is 1. The molecule has 1 heterocycles. The largest absolute Gasteiger partial charge is 0.372 e. The van der Waals surface area contributed by atoms with Crippen LogP contribution < -0.4 is 4.90 Å². The Morgan fingerprint density at radius 1 is 1.32 bits per heavy atom. The lowest BCUT2D eigenvalue weighted by molar-refractivity contribution is -0.384. The first kappa shape index (κ1) is 13.5. The highest BCUT2D eigenvalue weighted by Crippen LogP contribution is 2.26. The fourth-order valence-electron chi connectivity index (χ4n) is 2.59. The van der Waals surface area contributed by atoms with Gasteiger partial charge in [-0.1, -0.05) is 0 Å². The van der Waals surface area contributed by atoms with E-state index in [0.717, 1.165) is 31.6 Å². The smallest absolute Gasteiger partial charge is 0.269 e. The second-order valence-corrected chi connectivity index (χ2v) is 5.11. The van der Waals surface area contributed by atoms with Gasteiger partial charge in [-0.2, -0.15) is 0 Å². The second kappa shape index (κ2) is 5.82. The highest BCUT2D eigenvalue weighted by atomic mass is 16.6. The first-order chi connectivity index (χ1) is 9.06. The Kier molecular flexibility index (Phi) is 4.14. The molecule has 102 valence electrons. The van der Waals surface area contributed by atoms with Crippen LogP contribution in [0.15, 0.2) is 24.3 Å². The fourth-order valence-corrected chi connectivity index (χ4v) is 2.59. The van der Waals surface area contributed by atoms with Crippen LogP contribution in [0.3, 0.4) is 0 Å². The van der Waals surface area contributed by atoms with E-state index in [9.17, 15) is 14.9 Å². The number of anilines is 1. The van der Waals surface area contributed by atoms with Crippen molar-refractivity contribution in [2.75, 3.05) is 18.0 Å². The average molecular weight is 262 g/mol. The molecule has 0 aliphatic carbocycles. The van der Waals surface area contributed by atoms with Gasteiger partial charge >= 0.3 is 0 Å². The van der Waals surface area contributed by atoms with Gasteiger partial charge in [-0.05, 0) is 37.8 Å². The minimum Gasteiger partial charge on any atom is -0.372 e. The molecule has 0 N–H and O–H groups in total. The normalized spacial score (nSPS) is 16.4. The van der Waals surface area contributed by atoms with Crippen LogP contribution in [0.25, 0.3) is 0 Å². The molecule has 0 spiro atoms. The summed E-state index contributed by atoms with van der Waals surface area (Å²) in [4.78, 5) is 23.5. The van der Waals surface area contributed by atoms with E-state index >= 15 is 0 Å². The van der Waals surface area contributed by atoms with Gasteiger partial charge < -0.3 is 9.69 Å². The van der Waals surface area contributed by atoms with Crippen molar-refractivity contribution < 1.29 is 9.72 Å². The molecule has 1 aliphatic heterocycles. The molecule has 19 heavy (non-hydrogen) atoms. The van der Waals surface area contributed by atoms with Crippen molar-refractivity contribution in [3.8, 4) is 0 Å². The maximum absolute atomic E-state index is 11.1. The van der Waals surface area contributed by atoms with E-state index in [1.807, 2.05) is 0 Å². The van der Waals surface area contributed by atoms with Crippen molar-refractivity contribution in [3.05, 3.63) is 34.4 Å². The maximum atomic E-state index is 11.1. The summed E-state index contributed by atoms with van der Waals surface area (Å²) in [6, 6.07) is 6.67. The van der Waals surface area contributed by atoms with Crippen LogP contribution in [-0.4, -0.2) is 23.8 Å². The van der Waals surface area contributed by atoms with Gasteiger partial charge in [0.1, 0.15) is 5.78 Å². The predicted octanol–water partition coefficient (Wildman–Crippen LogP) is 2.79. The zero-order chi connectivity index (χ0) is 13.8. The van der Waals surface area contributed by atoms with E-state index in [-0.39, 0.29) is 16.4 Å². The van der Waals surface area contributed by atoms with Crippen molar-refractivity contribution in [3.63, 3.8) is 0 Å². The van der Waals surface area contributed by atoms with Crippen LogP contribution in [0, 0.1) is 16.0 Å². The highest BCUT2D eigenvalue weighted by molar-refractivity contribution is 5.75. The van der Waals surface area contributed by atoms with E-state index in [4.69, 9.17) is 0 Å². The van der Waals surface area contributed by atoms with E-state index in [1.165, 1.54) is 12.1 Å². The topological polar surface area (TPSA) is 63.5 Å². The summed E-state index contributed by atoms with van der Waals surface area (Å²) >= 11 is 0. The van der Waals surface area contributed by atoms with Crippen molar-refractivity contribution in [1.82, 2.24) is 0 Å². The first-order valence-electron chi connectivity index (χ1n) is 6.55. The second-order valence-electron chi connectivity index (χ2n) is 5.11. The molecule has 1 saturated heterocycles. The van der Waals surface area contributed by atoms with Crippen LogP contribution >= 0.6 is 0 Å². The van der Waals surface area contributed by atoms with Crippen molar-refractivity contribution in [2.24, 2.45) is 5.92 Å². The lowest BCUT2D eigenvalue weighted by atomic mass is 9.92. The minimum atomic E-state index is -0.386. The molecule has 0 amide bonds. The molecule has 0 atom stereocenters. The number of nitrogens with zero attached hydrogens (tertiary/aromatic N) is 2. The summed E-state index contributed by atoms with van der Waals surface area (Å²) < 4.78 is 0. The van der Waals surface area contributed by atoms with E-state index in [2.05, 4.69) is 4.90 Å². The Bertz CT molecular complexity index is 462. The predicted molar refractivity (Wildman–Crippen MR) is 73.3 cm³/mol. The Balaban J connectivity index is 1.94. The molecule has 0 bridgehead atoms. The third-order valence-electron chi connectivity index (χ3n) is 3.62. The first-order valence-corrected chi connectivity index (χ1v) is 6.55. The zero-order valence-electron chi connectivity index (χ0n) is 11.0. The zero-order valence-corrected chi connectivity index (χ0v) is 11.0. The SMILES string of the molecule is CC(=O)CC1CCN(c2ccc([N+](=O)[O-])cc2)CC1. The lowest BCUT2D eigenvalue weighted by Crippen LogP contribution is -2.34. The van der Waals surface area contributed by atoms with Crippen LogP contribution in [0.2, 0.25) is 0 Å². The highest BCUT2D eigenvalue weighted by Gasteiger charge is 2.20. The monoisotopic (exact) mass is 262 g/mol. The van der Waals surface area contributed by atoms with Gasteiger partial charge in [-0.15, -0.1) is 0 Å². The van der Waals surface area contributed by atoms with Crippen molar-refractivity contribution in [2.45, 2.75) is 26.2 Å². The summed E-state index contributed by atoms with van der Waals surface area (Å²) in [6.07, 6.45) is 2.70. The molecule has 2 rings (SSSR count). The van der Waals surface area contributed by atoms with E-state index in [1.54, 1.807) is 19.1 Å². The number of hydrogen-bond donors (Lipinski definition) is 0. The molecule has 1 aliphatic rings. The van der Waals surface area contributed by atoms with Gasteiger partial charge in [0.15, 0.2) is 0 Å². The van der Waals surface area contributed by atoms with Gasteiger partial charge in [-0.25, -0.2) is 0 Å². The molecule has 0 radical (unpaired) electrons. The number of hydrogen-bond acceptors (Lipinski definition) is 4. The number of non-ortho nitro benzene ring substituents is 1. The number of Topliss-reactive ketones (excluding diaryl/α,β-unsaturated/α-hetero) is 1. The molecule has 1 aromatic carbocycles. The molecular weight excluding hydrogens is 244 g/mol. The average Bonchev–Trinajstić information content (AvgIpc) is 2.39. The Morgan fingerprint density at radius 2 is 1.89 bits per heavy atom. The lowest BCUT2D eigenvalue weighted by Gasteiger charge is -2.33. The Morgan fingerprint density at radius 3 is 2.37 bits per heavy atom. The fraction of sp³-hybridized carbons (Fsp3) is 0.500. The molecule has 1 fully saturated rings. The van der Waals surface area contributed by atoms with Gasteiger partial charge in [0.2, 0.25) is 0 Å². The quantitative estimate of drug-likeness (QED) is 0.618. The summed E-state index contributed by atoms with van der Waals surface area (Å²) in [5.41, 5.74) is 1.14. The van der Waals surface area contributed by atoms with Crippen LogP contribution in [0.4, 0.5) is 11.4 Å². The summed E-state index contributed by atoms with van der Waals surface area (Å²) in [5, 5.41) is 10.6. The number of rotatable bonds is 4. The van der Waals surface area contributed by atoms with E-state index in [0.29, 0.717) is 12.3 Å². The van der Waals surface area contributed by atoms with Gasteiger partial charge in [-0.3, -0.25) is 10.1 Å². The third-order valence-corrected chi connectivity index (χ3v) is 3.62. The van der Waals surface area contributed by atoms with Crippen molar-refractivity contribution >= 4 is 17.2 Å².